The van der Waals surface area contributed by atoms with Gasteiger partial charge in [0, 0.05) is 18.4 Å². The summed E-state index contributed by atoms with van der Waals surface area (Å²) in [5, 5.41) is 1.91. The van der Waals surface area contributed by atoms with E-state index in [0.29, 0.717) is 4.88 Å². The van der Waals surface area contributed by atoms with Crippen molar-refractivity contribution in [2.24, 2.45) is 0 Å². The number of rotatable bonds is 11. The van der Waals surface area contributed by atoms with E-state index in [0.717, 1.165) is 42.6 Å². The predicted molar refractivity (Wildman–Crippen MR) is 181 cm³/mol. The molecule has 1 aromatic heterocycles. The minimum atomic E-state index is -0.226. The minimum Gasteiger partial charge on any atom is -0.322 e. The Kier molecular flexibility index (Phi) is 21.0. The standard InChI is InChI=1S/C24H28N2O2S.C8H10.2C2H6/c1-5-7-15-21(19(3)25(4)18-27)22(12-6-2)26(20-13-9-8-10-14-20)24(28)23-16-11-17-29-23;1-2-8-6-4-3-5-7-8;2*1-2/h5,7-11,13-18,22H,1,6,12H2,2-4H3;3-7H,2H2,1H3;2*1-2H3/b15-7-,21-19-;;;. The van der Waals surface area contributed by atoms with Crippen molar-refractivity contribution in [2.75, 3.05) is 11.9 Å². The van der Waals surface area contributed by atoms with Gasteiger partial charge >= 0.3 is 0 Å². The highest BCUT2D eigenvalue weighted by atomic mass is 32.1. The van der Waals surface area contributed by atoms with Crippen LogP contribution < -0.4 is 4.90 Å². The highest BCUT2D eigenvalue weighted by Gasteiger charge is 2.30. The van der Waals surface area contributed by atoms with Gasteiger partial charge in [-0.2, -0.15) is 0 Å². The number of para-hydroxylation sites is 1. The van der Waals surface area contributed by atoms with E-state index in [1.165, 1.54) is 16.9 Å². The lowest BCUT2D eigenvalue weighted by molar-refractivity contribution is -0.115. The molecule has 4 nitrogen and oxygen atoms in total. The molecule has 0 bridgehead atoms. The first-order chi connectivity index (χ1) is 20.0. The fraction of sp³-hybridized carbons (Fsp3) is 0.333. The zero-order valence-electron chi connectivity index (χ0n) is 26.3. The zero-order valence-corrected chi connectivity index (χ0v) is 27.2. The molecule has 0 saturated carbocycles. The largest absolute Gasteiger partial charge is 0.322 e. The lowest BCUT2D eigenvalue weighted by atomic mass is 9.96. The number of benzene rings is 2. The Hall–Kier alpha value is -3.70. The molecule has 2 aromatic carbocycles. The van der Waals surface area contributed by atoms with E-state index in [-0.39, 0.29) is 11.9 Å². The Bertz CT molecular complexity index is 1150. The van der Waals surface area contributed by atoms with E-state index in [1.807, 2.05) is 106 Å². The van der Waals surface area contributed by atoms with E-state index in [1.54, 1.807) is 18.0 Å². The molecule has 41 heavy (non-hydrogen) atoms. The lowest BCUT2D eigenvalue weighted by Gasteiger charge is -2.34. The molecule has 1 unspecified atom stereocenters. The molecule has 0 aliphatic heterocycles. The first kappa shape index (κ1) is 37.3. The summed E-state index contributed by atoms with van der Waals surface area (Å²) in [7, 11) is 1.72. The van der Waals surface area contributed by atoms with Crippen LogP contribution in [0.1, 0.15) is 76.5 Å². The van der Waals surface area contributed by atoms with Gasteiger partial charge in [0.05, 0.1) is 10.9 Å². The quantitative estimate of drug-likeness (QED) is 0.169. The van der Waals surface area contributed by atoms with E-state index in [4.69, 9.17) is 0 Å². The fourth-order valence-electron chi connectivity index (χ4n) is 3.88. The van der Waals surface area contributed by atoms with E-state index >= 15 is 0 Å². The van der Waals surface area contributed by atoms with Gasteiger partial charge in [0.25, 0.3) is 5.91 Å². The van der Waals surface area contributed by atoms with Gasteiger partial charge in [-0.05, 0) is 54.5 Å². The molecule has 2 amide bonds. The second-order valence-electron chi connectivity index (χ2n) is 8.48. The average Bonchev–Trinajstić information content (AvgIpc) is 3.59. The second-order valence-corrected chi connectivity index (χ2v) is 9.43. The number of carbonyl (C=O) groups is 2. The summed E-state index contributed by atoms with van der Waals surface area (Å²) < 4.78 is 0. The fourth-order valence-corrected chi connectivity index (χ4v) is 4.54. The zero-order chi connectivity index (χ0) is 31.0. The summed E-state index contributed by atoms with van der Waals surface area (Å²) >= 11 is 1.43. The predicted octanol–water partition coefficient (Wildman–Crippen LogP) is 9.97. The number of nitrogens with zero attached hydrogens (tertiary/aromatic N) is 2. The van der Waals surface area contributed by atoms with Gasteiger partial charge in [0.1, 0.15) is 0 Å². The third-order valence-electron chi connectivity index (χ3n) is 5.99. The van der Waals surface area contributed by atoms with Crippen LogP contribution in [0.15, 0.2) is 114 Å². The lowest BCUT2D eigenvalue weighted by Crippen LogP contribution is -2.42. The maximum Gasteiger partial charge on any atom is 0.268 e. The highest BCUT2D eigenvalue weighted by molar-refractivity contribution is 7.12. The van der Waals surface area contributed by atoms with Crippen molar-refractivity contribution in [1.82, 2.24) is 4.90 Å². The van der Waals surface area contributed by atoms with Gasteiger partial charge in [0.15, 0.2) is 0 Å². The van der Waals surface area contributed by atoms with Gasteiger partial charge in [-0.1, -0.05) is 127 Å². The van der Waals surface area contributed by atoms with E-state index in [9.17, 15) is 9.59 Å². The summed E-state index contributed by atoms with van der Waals surface area (Å²) in [5.74, 6) is -0.0456. The molecule has 0 radical (unpaired) electrons. The van der Waals surface area contributed by atoms with Crippen LogP contribution in [0.3, 0.4) is 0 Å². The molecule has 3 rings (SSSR count). The Labute approximate surface area is 253 Å². The normalized spacial score (nSPS) is 11.2. The number of aryl methyl sites for hydroxylation is 1. The van der Waals surface area contributed by atoms with Crippen molar-refractivity contribution in [3.8, 4) is 0 Å². The van der Waals surface area contributed by atoms with Crippen LogP contribution in [0, 0.1) is 0 Å². The SMILES string of the molecule is C=C/C=C\C(=C(/C)N(C)C=O)C(CCC)N(C(=O)c1cccs1)c1ccccc1.CC.CC.CCc1ccccc1. The van der Waals surface area contributed by atoms with Crippen molar-refractivity contribution < 1.29 is 9.59 Å². The van der Waals surface area contributed by atoms with Crippen molar-refractivity contribution >= 4 is 29.3 Å². The van der Waals surface area contributed by atoms with Crippen LogP contribution >= 0.6 is 11.3 Å². The monoisotopic (exact) mass is 574 g/mol. The molecule has 1 atom stereocenters. The van der Waals surface area contributed by atoms with Crippen molar-refractivity contribution in [1.29, 1.82) is 0 Å². The van der Waals surface area contributed by atoms with Gasteiger partial charge in [-0.15, -0.1) is 11.3 Å². The number of carbonyl (C=O) groups excluding carboxylic acids is 2. The summed E-state index contributed by atoms with van der Waals surface area (Å²) in [4.78, 5) is 29.1. The van der Waals surface area contributed by atoms with Crippen molar-refractivity contribution in [3.05, 3.63) is 125 Å². The maximum absolute atomic E-state index is 13.5. The maximum atomic E-state index is 13.5. The third-order valence-corrected chi connectivity index (χ3v) is 6.84. The smallest absolute Gasteiger partial charge is 0.268 e. The molecule has 0 N–H and O–H groups in total. The van der Waals surface area contributed by atoms with Crippen LogP contribution in [0.5, 0.6) is 0 Å². The molecule has 0 aliphatic rings. The second kappa shape index (κ2) is 23.0. The Morgan fingerprint density at radius 3 is 1.95 bits per heavy atom. The van der Waals surface area contributed by atoms with E-state index < -0.39 is 0 Å². The summed E-state index contributed by atoms with van der Waals surface area (Å²) in [6.07, 6.45) is 9.06. The summed E-state index contributed by atoms with van der Waals surface area (Å²) in [6.45, 7) is 17.9. The first-order valence-corrected chi connectivity index (χ1v) is 15.5. The van der Waals surface area contributed by atoms with Crippen LogP contribution in [0.4, 0.5) is 5.69 Å². The average molecular weight is 575 g/mol. The van der Waals surface area contributed by atoms with Crippen LogP contribution in [0.2, 0.25) is 0 Å². The van der Waals surface area contributed by atoms with Crippen molar-refractivity contribution in [3.63, 3.8) is 0 Å². The van der Waals surface area contributed by atoms with Gasteiger partial charge in [-0.3, -0.25) is 9.59 Å². The molecule has 3 aromatic rings. The van der Waals surface area contributed by atoms with Crippen LogP contribution in [-0.2, 0) is 11.2 Å². The molecule has 5 heteroatoms. The number of anilines is 1. The molecule has 0 saturated heterocycles. The Balaban J connectivity index is 0.00000112. The number of thiophene rings is 1. The van der Waals surface area contributed by atoms with Gasteiger partial charge in [0.2, 0.25) is 6.41 Å². The summed E-state index contributed by atoms with van der Waals surface area (Å²) in [5.41, 5.74) is 3.95. The topological polar surface area (TPSA) is 40.6 Å². The summed E-state index contributed by atoms with van der Waals surface area (Å²) in [6, 6.07) is 23.7. The van der Waals surface area contributed by atoms with E-state index in [2.05, 4.69) is 44.7 Å². The molecule has 0 spiro atoms. The molecular formula is C36H50N2O2S. The van der Waals surface area contributed by atoms with Gasteiger partial charge < -0.3 is 9.80 Å². The number of allylic oxidation sites excluding steroid dienone is 3. The Morgan fingerprint density at radius 1 is 0.927 bits per heavy atom. The number of hydrogen-bond donors (Lipinski definition) is 0. The molecule has 0 aliphatic carbocycles. The highest BCUT2D eigenvalue weighted by Crippen LogP contribution is 2.30. The van der Waals surface area contributed by atoms with Crippen LogP contribution in [0.25, 0.3) is 0 Å². The molecule has 0 fully saturated rings. The minimum absolute atomic E-state index is 0.0456. The molecular weight excluding hydrogens is 524 g/mol. The van der Waals surface area contributed by atoms with Gasteiger partial charge in [-0.25, -0.2) is 0 Å². The van der Waals surface area contributed by atoms with Crippen LogP contribution in [-0.4, -0.2) is 30.3 Å². The molecule has 1 heterocycles. The molecule has 222 valence electrons. The Morgan fingerprint density at radius 2 is 1.51 bits per heavy atom. The number of amides is 2. The number of hydrogen-bond acceptors (Lipinski definition) is 3. The third kappa shape index (κ3) is 12.6. The van der Waals surface area contributed by atoms with Crippen molar-refractivity contribution in [2.45, 2.75) is 73.8 Å². The first-order valence-electron chi connectivity index (χ1n) is 14.6.